The van der Waals surface area contributed by atoms with Crippen molar-refractivity contribution in [1.82, 2.24) is 0 Å². The fraction of sp³-hybridized carbons (Fsp3) is 0.200. The van der Waals surface area contributed by atoms with Gasteiger partial charge in [-0.2, -0.15) is 4.99 Å². The Hall–Kier alpha value is -2.11. The zero-order valence-corrected chi connectivity index (χ0v) is 8.94. The van der Waals surface area contributed by atoms with Gasteiger partial charge in [-0.15, -0.1) is 0 Å². The van der Waals surface area contributed by atoms with Crippen LogP contribution in [0.25, 0.3) is 0 Å². The summed E-state index contributed by atoms with van der Waals surface area (Å²) in [6.45, 7) is 1.93. The third-order valence-electron chi connectivity index (χ3n) is 1.90. The topological polar surface area (TPSA) is 103 Å². The van der Waals surface area contributed by atoms with Gasteiger partial charge in [-0.05, 0) is 24.1 Å². The van der Waals surface area contributed by atoms with E-state index in [-0.39, 0.29) is 24.3 Å². The number of nitrogens with two attached hydrogens (primary N) is 3. The maximum Gasteiger partial charge on any atom is 0.218 e. The van der Waals surface area contributed by atoms with Gasteiger partial charge in [-0.3, -0.25) is 0 Å². The summed E-state index contributed by atoms with van der Waals surface area (Å²) >= 11 is 0. The van der Waals surface area contributed by atoms with Crippen LogP contribution in [-0.4, -0.2) is 11.9 Å². The predicted octanol–water partition coefficient (Wildman–Crippen LogP) is 0.222. The van der Waals surface area contributed by atoms with Gasteiger partial charge in [0.25, 0.3) is 0 Å². The summed E-state index contributed by atoms with van der Waals surface area (Å²) < 4.78 is 13.2. The fourth-order valence-corrected chi connectivity index (χ4v) is 1.07. The number of nitrogens with zero attached hydrogens (tertiary/aromatic N) is 2. The van der Waals surface area contributed by atoms with Crippen LogP contribution in [-0.2, 0) is 6.54 Å². The Morgan fingerprint density at radius 2 is 2.00 bits per heavy atom. The van der Waals surface area contributed by atoms with Crippen LogP contribution in [0.4, 0.5) is 4.39 Å². The molecule has 0 aliphatic carbocycles. The molecule has 1 aromatic carbocycles. The maximum absolute atomic E-state index is 13.2. The van der Waals surface area contributed by atoms with E-state index in [2.05, 4.69) is 9.98 Å². The van der Waals surface area contributed by atoms with E-state index in [9.17, 15) is 4.39 Å². The van der Waals surface area contributed by atoms with E-state index in [0.29, 0.717) is 11.1 Å². The summed E-state index contributed by atoms with van der Waals surface area (Å²) in [7, 11) is 0. The van der Waals surface area contributed by atoms with E-state index in [1.54, 1.807) is 19.1 Å². The van der Waals surface area contributed by atoms with Gasteiger partial charge in [0.15, 0.2) is 5.96 Å². The lowest BCUT2D eigenvalue weighted by atomic mass is 10.1. The summed E-state index contributed by atoms with van der Waals surface area (Å²) in [6, 6.07) is 4.85. The van der Waals surface area contributed by atoms with Crippen molar-refractivity contribution in [2.45, 2.75) is 13.5 Å². The molecule has 0 radical (unpaired) electrons. The van der Waals surface area contributed by atoms with E-state index in [4.69, 9.17) is 17.2 Å². The third-order valence-corrected chi connectivity index (χ3v) is 1.90. The van der Waals surface area contributed by atoms with Crippen molar-refractivity contribution in [2.75, 3.05) is 0 Å². The molecule has 0 fully saturated rings. The Kier molecular flexibility index (Phi) is 3.82. The molecule has 6 heteroatoms. The number of halogens is 1. The minimum absolute atomic E-state index is 0.0269. The molecule has 0 atom stereocenters. The molecule has 0 aliphatic rings. The number of aryl methyl sites for hydroxylation is 1. The Balaban J connectivity index is 2.75. The molecule has 0 unspecified atom stereocenters. The lowest BCUT2D eigenvalue weighted by Crippen LogP contribution is -2.26. The Morgan fingerprint density at radius 3 is 2.56 bits per heavy atom. The molecule has 6 N–H and O–H groups in total. The van der Waals surface area contributed by atoms with Gasteiger partial charge in [0.05, 0.1) is 6.54 Å². The highest BCUT2D eigenvalue weighted by molar-refractivity contribution is 5.92. The Labute approximate surface area is 92.9 Å². The SMILES string of the molecule is Cc1ccc(CN=C(N)N=C(N)N)cc1F. The standard InChI is InChI=1S/C10H14FN5/c1-6-2-3-7(4-8(6)11)5-15-10(14)16-9(12)13/h2-4H,5H2,1H3,(H6,12,13,14,15,16). The Bertz CT molecular complexity index is 435. The minimum Gasteiger partial charge on any atom is -0.370 e. The van der Waals surface area contributed by atoms with Gasteiger partial charge in [-0.25, -0.2) is 9.38 Å². The first-order valence-corrected chi connectivity index (χ1v) is 4.63. The van der Waals surface area contributed by atoms with Crippen molar-refractivity contribution < 1.29 is 4.39 Å². The molecule has 1 aromatic rings. The smallest absolute Gasteiger partial charge is 0.218 e. The van der Waals surface area contributed by atoms with Crippen LogP contribution < -0.4 is 17.2 Å². The van der Waals surface area contributed by atoms with Crippen LogP contribution in [0.3, 0.4) is 0 Å². The van der Waals surface area contributed by atoms with Gasteiger partial charge in [0.1, 0.15) is 5.82 Å². The van der Waals surface area contributed by atoms with E-state index >= 15 is 0 Å². The molecule has 0 bridgehead atoms. The molecule has 5 nitrogen and oxygen atoms in total. The molecule has 1 rings (SSSR count). The molecule has 0 spiro atoms. The predicted molar refractivity (Wildman–Crippen MR) is 62.3 cm³/mol. The highest BCUT2D eigenvalue weighted by atomic mass is 19.1. The molecule has 0 heterocycles. The minimum atomic E-state index is -0.270. The number of aliphatic imine (C=N–C) groups is 2. The second-order valence-electron chi connectivity index (χ2n) is 3.29. The van der Waals surface area contributed by atoms with Crippen molar-refractivity contribution in [3.8, 4) is 0 Å². The van der Waals surface area contributed by atoms with Crippen molar-refractivity contribution in [3.63, 3.8) is 0 Å². The molecule has 86 valence electrons. The van der Waals surface area contributed by atoms with Crippen LogP contribution in [0.1, 0.15) is 11.1 Å². The normalized spacial score (nSPS) is 11.2. The summed E-state index contributed by atoms with van der Waals surface area (Å²) in [5.74, 6) is -0.453. The van der Waals surface area contributed by atoms with Gasteiger partial charge in [0, 0.05) is 0 Å². The van der Waals surface area contributed by atoms with Crippen molar-refractivity contribution >= 4 is 11.9 Å². The molecular weight excluding hydrogens is 209 g/mol. The maximum atomic E-state index is 13.2. The van der Waals surface area contributed by atoms with Crippen LogP contribution >= 0.6 is 0 Å². The number of hydrogen-bond acceptors (Lipinski definition) is 1. The molecular formula is C10H14FN5. The van der Waals surface area contributed by atoms with Crippen LogP contribution in [0.15, 0.2) is 28.2 Å². The van der Waals surface area contributed by atoms with Crippen LogP contribution in [0.5, 0.6) is 0 Å². The number of rotatable bonds is 2. The monoisotopic (exact) mass is 223 g/mol. The first kappa shape index (κ1) is 12.0. The molecule has 0 aliphatic heterocycles. The Morgan fingerprint density at radius 1 is 1.31 bits per heavy atom. The number of guanidine groups is 2. The average Bonchev–Trinajstić information content (AvgIpc) is 2.19. The fourth-order valence-electron chi connectivity index (χ4n) is 1.07. The summed E-state index contributed by atoms with van der Waals surface area (Å²) in [6.07, 6.45) is 0. The van der Waals surface area contributed by atoms with E-state index < -0.39 is 0 Å². The van der Waals surface area contributed by atoms with Gasteiger partial charge in [-0.1, -0.05) is 12.1 Å². The van der Waals surface area contributed by atoms with Crippen LogP contribution in [0.2, 0.25) is 0 Å². The quantitative estimate of drug-likeness (QED) is 0.493. The molecule has 0 amide bonds. The summed E-state index contributed by atoms with van der Waals surface area (Å²) in [4.78, 5) is 7.42. The number of benzene rings is 1. The molecule has 0 saturated carbocycles. The first-order valence-electron chi connectivity index (χ1n) is 4.63. The van der Waals surface area contributed by atoms with Gasteiger partial charge in [0.2, 0.25) is 5.96 Å². The van der Waals surface area contributed by atoms with Crippen molar-refractivity contribution in [1.29, 1.82) is 0 Å². The third kappa shape index (κ3) is 3.56. The van der Waals surface area contributed by atoms with E-state index in [0.717, 1.165) is 0 Å². The van der Waals surface area contributed by atoms with Crippen molar-refractivity contribution in [2.24, 2.45) is 27.2 Å². The molecule has 16 heavy (non-hydrogen) atoms. The zero-order chi connectivity index (χ0) is 12.1. The second-order valence-corrected chi connectivity index (χ2v) is 3.29. The van der Waals surface area contributed by atoms with E-state index in [1.165, 1.54) is 6.07 Å². The highest BCUT2D eigenvalue weighted by Gasteiger charge is 1.98. The first-order chi connectivity index (χ1) is 7.49. The largest absolute Gasteiger partial charge is 0.370 e. The zero-order valence-electron chi connectivity index (χ0n) is 8.94. The van der Waals surface area contributed by atoms with Gasteiger partial charge < -0.3 is 17.2 Å². The van der Waals surface area contributed by atoms with E-state index in [1.807, 2.05) is 0 Å². The lowest BCUT2D eigenvalue weighted by Gasteiger charge is -2.00. The lowest BCUT2D eigenvalue weighted by molar-refractivity contribution is 0.616. The number of hydrogen-bond donors (Lipinski definition) is 3. The summed E-state index contributed by atoms with van der Waals surface area (Å²) in [5.41, 5.74) is 16.9. The second kappa shape index (κ2) is 5.11. The van der Waals surface area contributed by atoms with Crippen LogP contribution in [0, 0.1) is 12.7 Å². The summed E-state index contributed by atoms with van der Waals surface area (Å²) in [5, 5.41) is 0. The molecule has 0 saturated heterocycles. The highest BCUT2D eigenvalue weighted by Crippen LogP contribution is 2.09. The van der Waals surface area contributed by atoms with Crippen molar-refractivity contribution in [3.05, 3.63) is 35.1 Å². The average molecular weight is 223 g/mol. The van der Waals surface area contributed by atoms with Gasteiger partial charge >= 0.3 is 0 Å². The molecule has 0 aromatic heterocycles.